The number of ether oxygens (including phenoxy) is 1. The predicted molar refractivity (Wildman–Crippen MR) is 113 cm³/mol. The number of benzene rings is 1. The molecule has 1 aromatic heterocycles. The minimum absolute atomic E-state index is 0.0215. The van der Waals surface area contributed by atoms with Gasteiger partial charge in [0.25, 0.3) is 0 Å². The second kappa shape index (κ2) is 9.39. The standard InChI is InChI=1S/C22H33N5O2/c1-6-15(2)22(28)23-13-21-25-24-20-7-8-26(9-10-27(20)21)14-18-11-17(4)19(29-5)12-16(18)3/h11-12,15H,6-10,13-14H2,1-5H3,(H,23,28). The number of nitrogens with zero attached hydrogens (tertiary/aromatic N) is 4. The molecular weight excluding hydrogens is 366 g/mol. The van der Waals surface area contributed by atoms with E-state index in [2.05, 4.69) is 51.0 Å². The summed E-state index contributed by atoms with van der Waals surface area (Å²) in [6.07, 6.45) is 1.70. The van der Waals surface area contributed by atoms with Crippen molar-refractivity contribution in [2.24, 2.45) is 5.92 Å². The summed E-state index contributed by atoms with van der Waals surface area (Å²) >= 11 is 0. The molecule has 1 amide bonds. The number of aromatic nitrogens is 3. The Balaban J connectivity index is 1.63. The largest absolute Gasteiger partial charge is 0.496 e. The maximum atomic E-state index is 12.1. The van der Waals surface area contributed by atoms with Crippen LogP contribution in [0, 0.1) is 19.8 Å². The van der Waals surface area contributed by atoms with Crippen LogP contribution in [0.25, 0.3) is 0 Å². The Morgan fingerprint density at radius 2 is 2.00 bits per heavy atom. The number of carbonyl (C=O) groups is 1. The average molecular weight is 400 g/mol. The Bertz CT molecular complexity index is 861. The van der Waals surface area contributed by atoms with Crippen LogP contribution in [0.1, 0.15) is 48.6 Å². The molecule has 0 aliphatic carbocycles. The maximum absolute atomic E-state index is 12.1. The molecule has 3 rings (SSSR count). The van der Waals surface area contributed by atoms with Gasteiger partial charge in [-0.15, -0.1) is 10.2 Å². The van der Waals surface area contributed by atoms with Gasteiger partial charge in [-0.1, -0.05) is 19.9 Å². The molecule has 0 bridgehead atoms. The molecule has 29 heavy (non-hydrogen) atoms. The number of hydrogen-bond acceptors (Lipinski definition) is 5. The quantitative estimate of drug-likeness (QED) is 0.775. The minimum atomic E-state index is 0.0215. The Kier molecular flexibility index (Phi) is 6.90. The van der Waals surface area contributed by atoms with Crippen LogP contribution in [-0.2, 0) is 30.8 Å². The molecule has 0 spiro atoms. The summed E-state index contributed by atoms with van der Waals surface area (Å²) in [5.74, 6) is 2.88. The van der Waals surface area contributed by atoms with Gasteiger partial charge in [0.15, 0.2) is 5.82 Å². The first-order chi connectivity index (χ1) is 13.9. The second-order valence-corrected chi connectivity index (χ2v) is 7.99. The molecule has 7 heteroatoms. The lowest BCUT2D eigenvalue weighted by molar-refractivity contribution is -0.124. The van der Waals surface area contributed by atoms with Crippen LogP contribution in [-0.4, -0.2) is 45.8 Å². The van der Waals surface area contributed by atoms with E-state index in [4.69, 9.17) is 4.74 Å². The van der Waals surface area contributed by atoms with Crippen molar-refractivity contribution in [1.82, 2.24) is 25.0 Å². The molecule has 1 N–H and O–H groups in total. The van der Waals surface area contributed by atoms with Gasteiger partial charge < -0.3 is 14.6 Å². The zero-order valence-electron chi connectivity index (χ0n) is 18.3. The average Bonchev–Trinajstić information content (AvgIpc) is 3.00. The lowest BCUT2D eigenvalue weighted by Crippen LogP contribution is -2.30. The van der Waals surface area contributed by atoms with E-state index in [1.54, 1.807) is 7.11 Å². The topological polar surface area (TPSA) is 72.3 Å². The Hall–Kier alpha value is -2.41. The molecule has 7 nitrogen and oxygen atoms in total. The summed E-state index contributed by atoms with van der Waals surface area (Å²) < 4.78 is 7.61. The van der Waals surface area contributed by atoms with E-state index >= 15 is 0 Å². The van der Waals surface area contributed by atoms with Gasteiger partial charge in [-0.05, 0) is 43.0 Å². The van der Waals surface area contributed by atoms with Gasteiger partial charge in [0.1, 0.15) is 11.6 Å². The second-order valence-electron chi connectivity index (χ2n) is 7.99. The molecule has 0 radical (unpaired) electrons. The lowest BCUT2D eigenvalue weighted by Gasteiger charge is -2.22. The number of nitrogens with one attached hydrogen (secondary N) is 1. The summed E-state index contributed by atoms with van der Waals surface area (Å²) in [6, 6.07) is 4.35. The summed E-state index contributed by atoms with van der Waals surface area (Å²) in [7, 11) is 1.72. The van der Waals surface area contributed by atoms with E-state index in [1.165, 1.54) is 16.7 Å². The monoisotopic (exact) mass is 399 g/mol. The molecule has 1 atom stereocenters. The maximum Gasteiger partial charge on any atom is 0.223 e. The van der Waals surface area contributed by atoms with Crippen LogP contribution in [0.5, 0.6) is 5.75 Å². The van der Waals surface area contributed by atoms with E-state index in [1.807, 2.05) is 13.8 Å². The Morgan fingerprint density at radius 3 is 2.72 bits per heavy atom. The van der Waals surface area contributed by atoms with Crippen LogP contribution in [0.15, 0.2) is 12.1 Å². The van der Waals surface area contributed by atoms with E-state index in [-0.39, 0.29) is 11.8 Å². The van der Waals surface area contributed by atoms with Crippen LogP contribution >= 0.6 is 0 Å². The molecule has 158 valence electrons. The van der Waals surface area contributed by atoms with Crippen molar-refractivity contribution in [3.63, 3.8) is 0 Å². The predicted octanol–water partition coefficient (Wildman–Crippen LogP) is 2.62. The molecule has 0 saturated carbocycles. The van der Waals surface area contributed by atoms with Gasteiger partial charge in [-0.25, -0.2) is 0 Å². The molecule has 1 aliphatic heterocycles. The first-order valence-corrected chi connectivity index (χ1v) is 10.5. The molecule has 1 aromatic carbocycles. The number of methoxy groups -OCH3 is 1. The highest BCUT2D eigenvalue weighted by Gasteiger charge is 2.20. The highest BCUT2D eigenvalue weighted by Crippen LogP contribution is 2.24. The highest BCUT2D eigenvalue weighted by molar-refractivity contribution is 5.78. The van der Waals surface area contributed by atoms with Gasteiger partial charge in [-0.3, -0.25) is 9.69 Å². The van der Waals surface area contributed by atoms with Gasteiger partial charge >= 0.3 is 0 Å². The fourth-order valence-corrected chi connectivity index (χ4v) is 3.72. The highest BCUT2D eigenvalue weighted by atomic mass is 16.5. The number of fused-ring (bicyclic) bond motifs is 1. The van der Waals surface area contributed by atoms with Crippen molar-refractivity contribution in [3.05, 3.63) is 40.5 Å². The molecule has 0 fully saturated rings. The van der Waals surface area contributed by atoms with Gasteiger partial charge in [0.05, 0.1) is 13.7 Å². The van der Waals surface area contributed by atoms with Crippen molar-refractivity contribution in [2.75, 3.05) is 20.2 Å². The molecular formula is C22H33N5O2. The van der Waals surface area contributed by atoms with Crippen LogP contribution in [0.3, 0.4) is 0 Å². The Labute approximate surface area is 173 Å². The van der Waals surface area contributed by atoms with Gasteiger partial charge in [0, 0.05) is 38.5 Å². The zero-order valence-corrected chi connectivity index (χ0v) is 18.3. The number of rotatable bonds is 7. The summed E-state index contributed by atoms with van der Waals surface area (Å²) in [5.41, 5.74) is 3.76. The Morgan fingerprint density at radius 1 is 1.21 bits per heavy atom. The molecule has 1 unspecified atom stereocenters. The third-order valence-corrected chi connectivity index (χ3v) is 5.92. The first kappa shape index (κ1) is 21.3. The molecule has 1 aliphatic rings. The van der Waals surface area contributed by atoms with Crippen LogP contribution in [0.2, 0.25) is 0 Å². The van der Waals surface area contributed by atoms with E-state index < -0.39 is 0 Å². The van der Waals surface area contributed by atoms with Crippen LogP contribution in [0.4, 0.5) is 0 Å². The van der Waals surface area contributed by atoms with E-state index in [0.717, 1.165) is 56.4 Å². The third kappa shape index (κ3) is 4.96. The van der Waals surface area contributed by atoms with Crippen LogP contribution < -0.4 is 10.1 Å². The van der Waals surface area contributed by atoms with Gasteiger partial charge in [0.2, 0.25) is 5.91 Å². The number of amides is 1. The smallest absolute Gasteiger partial charge is 0.223 e. The minimum Gasteiger partial charge on any atom is -0.496 e. The number of carbonyl (C=O) groups excluding carboxylic acids is 1. The molecule has 0 saturated heterocycles. The fourth-order valence-electron chi connectivity index (χ4n) is 3.72. The number of aryl methyl sites for hydroxylation is 2. The van der Waals surface area contributed by atoms with Gasteiger partial charge in [-0.2, -0.15) is 0 Å². The van der Waals surface area contributed by atoms with E-state index in [9.17, 15) is 4.79 Å². The SMILES string of the molecule is CCC(C)C(=O)NCc1nnc2n1CCN(Cc1cc(C)c(OC)cc1C)CC2. The third-order valence-electron chi connectivity index (χ3n) is 5.92. The van der Waals surface area contributed by atoms with Crippen molar-refractivity contribution in [2.45, 2.75) is 60.2 Å². The molecule has 2 aromatic rings. The zero-order chi connectivity index (χ0) is 21.0. The van der Waals surface area contributed by atoms with Crippen molar-refractivity contribution < 1.29 is 9.53 Å². The fraction of sp³-hybridized carbons (Fsp3) is 0.591. The van der Waals surface area contributed by atoms with Crippen molar-refractivity contribution in [1.29, 1.82) is 0 Å². The molecule has 2 heterocycles. The number of hydrogen-bond donors (Lipinski definition) is 1. The van der Waals surface area contributed by atoms with E-state index in [0.29, 0.717) is 6.54 Å². The summed E-state index contributed by atoms with van der Waals surface area (Å²) in [5, 5.41) is 11.7. The first-order valence-electron chi connectivity index (χ1n) is 10.5. The van der Waals surface area contributed by atoms with Crippen molar-refractivity contribution >= 4 is 5.91 Å². The normalized spacial score (nSPS) is 15.5. The summed E-state index contributed by atoms with van der Waals surface area (Å²) in [4.78, 5) is 14.5. The van der Waals surface area contributed by atoms with Crippen molar-refractivity contribution in [3.8, 4) is 5.75 Å². The summed E-state index contributed by atoms with van der Waals surface area (Å²) in [6.45, 7) is 12.3. The lowest BCUT2D eigenvalue weighted by atomic mass is 10.0.